The summed E-state index contributed by atoms with van der Waals surface area (Å²) in [7, 11) is 1.56. The lowest BCUT2D eigenvalue weighted by molar-refractivity contribution is -0.129. The fraction of sp³-hybridized carbons (Fsp3) is 0.280. The number of ether oxygens (including phenoxy) is 1. The zero-order valence-corrected chi connectivity index (χ0v) is 17.6. The minimum atomic E-state index is -0.708. The molecule has 1 aliphatic heterocycles. The van der Waals surface area contributed by atoms with Crippen LogP contribution in [0.25, 0.3) is 11.0 Å². The molecule has 1 atom stereocenters. The molecule has 1 N–H and O–H groups in total. The summed E-state index contributed by atoms with van der Waals surface area (Å²) in [5.41, 5.74) is 1.31. The van der Waals surface area contributed by atoms with Gasteiger partial charge in [0, 0.05) is 11.9 Å². The van der Waals surface area contributed by atoms with Crippen LogP contribution in [0.1, 0.15) is 48.3 Å². The molecule has 3 aromatic rings. The topological polar surface area (TPSA) is 80.0 Å². The highest BCUT2D eigenvalue weighted by molar-refractivity contribution is 6.16. The number of ketones is 1. The van der Waals surface area contributed by atoms with E-state index < -0.39 is 23.5 Å². The molecule has 0 saturated heterocycles. The molecule has 1 unspecified atom stereocenters. The van der Waals surface area contributed by atoms with Crippen molar-refractivity contribution in [1.82, 2.24) is 4.90 Å². The number of benzene rings is 2. The maximum atomic E-state index is 13.5. The lowest BCUT2D eigenvalue weighted by Gasteiger charge is -2.27. The summed E-state index contributed by atoms with van der Waals surface area (Å²) in [4.78, 5) is 28.0. The standard InChI is InChI=1S/C25H25NO5/c1-3-4-7-13-26-22(17-10-8-11-18(14-17)30-2)21(24(28)25(26)29)23(27)20-15-16-9-5-6-12-19(16)31-20/h5-6,8-12,14-15,22,28H,3-4,7,13H2,1-2H3. The molecule has 0 aliphatic carbocycles. The number of nitrogens with zero attached hydrogens (tertiary/aromatic N) is 1. The van der Waals surface area contributed by atoms with Gasteiger partial charge in [0.25, 0.3) is 5.91 Å². The van der Waals surface area contributed by atoms with E-state index >= 15 is 0 Å². The van der Waals surface area contributed by atoms with Crippen molar-refractivity contribution in [3.63, 3.8) is 0 Å². The molecule has 1 aliphatic rings. The molecule has 0 spiro atoms. The predicted molar refractivity (Wildman–Crippen MR) is 117 cm³/mol. The smallest absolute Gasteiger partial charge is 0.290 e. The van der Waals surface area contributed by atoms with Crippen LogP contribution in [0.15, 0.2) is 70.3 Å². The second kappa shape index (κ2) is 8.68. The number of furan rings is 1. The average molecular weight is 419 g/mol. The van der Waals surface area contributed by atoms with Gasteiger partial charge in [-0.05, 0) is 36.2 Å². The lowest BCUT2D eigenvalue weighted by atomic mass is 9.94. The third-order valence-corrected chi connectivity index (χ3v) is 5.61. The first-order valence-corrected chi connectivity index (χ1v) is 10.5. The SMILES string of the molecule is CCCCCN1C(=O)C(O)=C(C(=O)c2cc3ccccc3o2)C1c1cccc(OC)c1. The van der Waals surface area contributed by atoms with Crippen LogP contribution in [0.2, 0.25) is 0 Å². The third-order valence-electron chi connectivity index (χ3n) is 5.61. The number of hydrogen-bond acceptors (Lipinski definition) is 5. The normalized spacial score (nSPS) is 16.4. The number of fused-ring (bicyclic) bond motifs is 1. The highest BCUT2D eigenvalue weighted by Gasteiger charge is 2.44. The van der Waals surface area contributed by atoms with Crippen molar-refractivity contribution in [1.29, 1.82) is 0 Å². The van der Waals surface area contributed by atoms with Crippen LogP contribution in [0, 0.1) is 0 Å². The summed E-state index contributed by atoms with van der Waals surface area (Å²) in [6.07, 6.45) is 2.72. The summed E-state index contributed by atoms with van der Waals surface area (Å²) in [6.45, 7) is 2.52. The zero-order valence-electron chi connectivity index (χ0n) is 17.6. The van der Waals surface area contributed by atoms with E-state index in [1.54, 1.807) is 36.3 Å². The molecule has 6 heteroatoms. The number of methoxy groups -OCH3 is 1. The van der Waals surface area contributed by atoms with Gasteiger partial charge in [0.05, 0.1) is 18.7 Å². The van der Waals surface area contributed by atoms with Crippen molar-refractivity contribution in [2.45, 2.75) is 32.2 Å². The van der Waals surface area contributed by atoms with Crippen molar-refractivity contribution in [2.75, 3.05) is 13.7 Å². The molecule has 0 bridgehead atoms. The molecule has 1 aromatic heterocycles. The largest absolute Gasteiger partial charge is 0.503 e. The number of rotatable bonds is 8. The Hall–Kier alpha value is -3.54. The summed E-state index contributed by atoms with van der Waals surface area (Å²) >= 11 is 0. The maximum Gasteiger partial charge on any atom is 0.290 e. The number of carbonyl (C=O) groups excluding carboxylic acids is 2. The summed E-state index contributed by atoms with van der Waals surface area (Å²) in [5, 5.41) is 11.5. The molecular formula is C25H25NO5. The Balaban J connectivity index is 1.78. The predicted octanol–water partition coefficient (Wildman–Crippen LogP) is 5.21. The van der Waals surface area contributed by atoms with E-state index in [0.717, 1.165) is 24.6 Å². The average Bonchev–Trinajstić information content (AvgIpc) is 3.33. The van der Waals surface area contributed by atoms with E-state index in [0.29, 0.717) is 23.4 Å². The number of para-hydroxylation sites is 1. The van der Waals surface area contributed by atoms with Gasteiger partial charge in [-0.25, -0.2) is 0 Å². The zero-order chi connectivity index (χ0) is 22.0. The number of aliphatic hydroxyl groups excluding tert-OH is 1. The van der Waals surface area contributed by atoms with Crippen LogP contribution in [0.4, 0.5) is 0 Å². The van der Waals surface area contributed by atoms with Gasteiger partial charge in [-0.2, -0.15) is 0 Å². The van der Waals surface area contributed by atoms with E-state index in [1.165, 1.54) is 0 Å². The van der Waals surface area contributed by atoms with Gasteiger partial charge in [-0.1, -0.05) is 50.1 Å². The Morgan fingerprint density at radius 2 is 1.94 bits per heavy atom. The van der Waals surface area contributed by atoms with Gasteiger partial charge in [0.2, 0.25) is 5.78 Å². The van der Waals surface area contributed by atoms with Gasteiger partial charge >= 0.3 is 0 Å². The van der Waals surface area contributed by atoms with E-state index in [9.17, 15) is 14.7 Å². The number of hydrogen-bond donors (Lipinski definition) is 1. The molecule has 0 saturated carbocycles. The van der Waals surface area contributed by atoms with Gasteiger partial charge < -0.3 is 19.2 Å². The highest BCUT2D eigenvalue weighted by Crippen LogP contribution is 2.40. The van der Waals surface area contributed by atoms with E-state index in [2.05, 4.69) is 6.92 Å². The molecule has 31 heavy (non-hydrogen) atoms. The monoisotopic (exact) mass is 419 g/mol. The number of Topliss-reactive ketones (excluding diaryl/α,β-unsaturated/α-hetero) is 1. The molecule has 0 fully saturated rings. The summed E-state index contributed by atoms with van der Waals surface area (Å²) < 4.78 is 11.1. The van der Waals surface area contributed by atoms with Gasteiger partial charge in [0.15, 0.2) is 11.5 Å². The summed E-state index contributed by atoms with van der Waals surface area (Å²) in [5.74, 6) is -0.842. The first-order chi connectivity index (χ1) is 15.0. The van der Waals surface area contributed by atoms with Crippen LogP contribution in [0.5, 0.6) is 5.75 Å². The third kappa shape index (κ3) is 3.81. The van der Waals surface area contributed by atoms with Crippen LogP contribution in [-0.2, 0) is 4.79 Å². The van der Waals surface area contributed by atoms with Crippen molar-refractivity contribution >= 4 is 22.7 Å². The second-order valence-electron chi connectivity index (χ2n) is 7.62. The first kappa shape index (κ1) is 20.7. The fourth-order valence-corrected chi connectivity index (χ4v) is 4.03. The quantitative estimate of drug-likeness (QED) is 0.400. The van der Waals surface area contributed by atoms with Gasteiger partial charge in [-0.3, -0.25) is 9.59 Å². The Kier molecular flexibility index (Phi) is 5.80. The van der Waals surface area contributed by atoms with Crippen molar-refractivity contribution in [3.8, 4) is 5.75 Å². The first-order valence-electron chi connectivity index (χ1n) is 10.5. The number of amides is 1. The Morgan fingerprint density at radius 1 is 1.13 bits per heavy atom. The fourth-order valence-electron chi connectivity index (χ4n) is 4.03. The van der Waals surface area contributed by atoms with Gasteiger partial charge in [-0.15, -0.1) is 0 Å². The Labute approximate surface area is 180 Å². The van der Waals surface area contributed by atoms with Crippen molar-refractivity contribution in [2.24, 2.45) is 0 Å². The maximum absolute atomic E-state index is 13.5. The van der Waals surface area contributed by atoms with Crippen molar-refractivity contribution in [3.05, 3.63) is 77.3 Å². The Bertz CT molecular complexity index is 1130. The minimum Gasteiger partial charge on any atom is -0.503 e. The van der Waals surface area contributed by atoms with E-state index in [1.807, 2.05) is 30.3 Å². The molecule has 0 radical (unpaired) electrons. The van der Waals surface area contributed by atoms with E-state index in [-0.39, 0.29) is 11.3 Å². The summed E-state index contributed by atoms with van der Waals surface area (Å²) in [6, 6.07) is 15.5. The Morgan fingerprint density at radius 3 is 2.68 bits per heavy atom. The molecular weight excluding hydrogens is 394 g/mol. The molecule has 2 aromatic carbocycles. The second-order valence-corrected chi connectivity index (χ2v) is 7.62. The van der Waals surface area contributed by atoms with Crippen LogP contribution >= 0.6 is 0 Å². The van der Waals surface area contributed by atoms with Gasteiger partial charge in [0.1, 0.15) is 11.3 Å². The number of aliphatic hydroxyl groups is 1. The molecule has 4 rings (SSSR count). The van der Waals surface area contributed by atoms with Crippen LogP contribution < -0.4 is 4.74 Å². The van der Waals surface area contributed by atoms with Crippen LogP contribution in [-0.4, -0.2) is 35.4 Å². The lowest BCUT2D eigenvalue weighted by Crippen LogP contribution is -2.32. The number of unbranched alkanes of at least 4 members (excludes halogenated alkanes) is 2. The van der Waals surface area contributed by atoms with Crippen LogP contribution in [0.3, 0.4) is 0 Å². The molecule has 2 heterocycles. The minimum absolute atomic E-state index is 0.0359. The molecule has 160 valence electrons. The number of carbonyl (C=O) groups is 2. The highest BCUT2D eigenvalue weighted by atomic mass is 16.5. The van der Waals surface area contributed by atoms with E-state index in [4.69, 9.17) is 9.15 Å². The van der Waals surface area contributed by atoms with Crippen molar-refractivity contribution < 1.29 is 23.8 Å². The molecule has 1 amide bonds. The molecule has 6 nitrogen and oxygen atoms in total.